The average Bonchev–Trinajstić information content (AvgIpc) is 0.970. The maximum Gasteiger partial charge on any atom is 0.326 e. The van der Waals surface area contributed by atoms with Crippen LogP contribution in [0.3, 0.4) is 0 Å². The molecule has 0 saturated carbocycles. The molecule has 552 valence electrons. The number of aliphatic carboxylic acids is 2. The summed E-state index contributed by atoms with van der Waals surface area (Å²) >= 11 is 0. The summed E-state index contributed by atoms with van der Waals surface area (Å²) in [7, 11) is 0. The lowest BCUT2D eigenvalue weighted by atomic mass is 9.96. The van der Waals surface area contributed by atoms with Crippen molar-refractivity contribution in [2.45, 2.75) is 205 Å². The van der Waals surface area contributed by atoms with Crippen LogP contribution in [0.25, 0.3) is 0 Å². The lowest BCUT2D eigenvalue weighted by Crippen LogP contribution is -2.64. The van der Waals surface area contributed by atoms with Crippen LogP contribution in [0.5, 0.6) is 5.75 Å². The molecule has 0 aliphatic carbocycles. The Bertz CT molecular complexity index is 3260. The number of carboxylic acid groups (broad SMARTS) is 2. The van der Waals surface area contributed by atoms with Crippen molar-refractivity contribution in [3.63, 3.8) is 0 Å². The molecular weight excluding hydrogens is 1310 g/mol. The molecule has 0 fully saturated rings. The fourth-order valence-electron chi connectivity index (χ4n) is 10.1. The van der Waals surface area contributed by atoms with E-state index >= 15 is 0 Å². The highest BCUT2D eigenvalue weighted by molar-refractivity contribution is 6.00. The Morgan fingerprint density at radius 1 is 0.510 bits per heavy atom. The Kier molecular flexibility index (Phi) is 35.1. The van der Waals surface area contributed by atoms with Gasteiger partial charge < -0.3 is 107 Å². The van der Waals surface area contributed by atoms with Crippen LogP contribution >= 0.6 is 0 Å². The number of nitrogens with one attached hydrogen (secondary N) is 11. The number of H-pyrrole nitrogens is 1. The summed E-state index contributed by atoms with van der Waals surface area (Å²) in [5, 5.41) is 75.8. The molecule has 2 aromatic carbocycles. The number of aromatic nitrogens is 2. The van der Waals surface area contributed by atoms with E-state index in [2.05, 4.69) is 68.1 Å². The number of carbonyl (C=O) groups is 13. The molecular formula is C65H99N17O18. The second-order valence-electron chi connectivity index (χ2n) is 25.0. The molecule has 35 heteroatoms. The number of nitrogens with two attached hydrogens (primary N) is 4. The Balaban J connectivity index is 1.89. The molecule has 3 aromatic rings. The largest absolute Gasteiger partial charge is 0.508 e. The van der Waals surface area contributed by atoms with Crippen LogP contribution in [-0.4, -0.2) is 204 Å². The van der Waals surface area contributed by atoms with Crippen molar-refractivity contribution in [3.05, 3.63) is 83.9 Å². The standard InChI is InChI=1S/C65H99N17O18/c1-9-33(5)50(80-62(97)52(35(7)83)82-63(98)53(36(8)84)81-61(96)51(34(6)10-2)79-55(90)42(22-23-49(87)88)73-54(89)41(66)26-38-18-20-40(85)21-19-38)60(95)78-46(28-39-30-70-31-72-39)58(93)77-47(29-48(67)86)59(94)75-44(25-32(3)4)56(91)76-45(27-37-15-12-11-13-16-37)57(92)74-43(64(99)100)17-14-24-71-65(68)69/h11-13,15-16,18-21,30-36,41-47,50-53,83-85H,9-10,14,17,22-29,66H2,1-8H3,(H2,67,86)(H,70,72)(H,73,89)(H,74,92)(H,75,94)(H,76,91)(H,77,93)(H,78,95)(H,79,90)(H,80,97)(H,81,96)(H,82,98)(H,87,88)(H,99,100)(H4,68,69,71)/t33-,34-,35+,36+,41-,42-,43-,44-,45-,46-,47-,50-,51-,52-,53-/m0/s1. The normalized spacial score (nSPS) is 15.7. The molecule has 0 aliphatic rings. The molecule has 0 aliphatic heterocycles. The van der Waals surface area contributed by atoms with Gasteiger partial charge in [-0.25, -0.2) is 9.78 Å². The van der Waals surface area contributed by atoms with Crippen molar-refractivity contribution in [2.75, 3.05) is 6.54 Å². The number of aliphatic imine (C=N–C) groups is 1. The number of amides is 11. The van der Waals surface area contributed by atoms with Crippen LogP contribution < -0.4 is 76.1 Å². The molecule has 1 heterocycles. The zero-order valence-electron chi connectivity index (χ0n) is 57.3. The number of hydrogen-bond donors (Lipinski definition) is 20. The molecule has 100 heavy (non-hydrogen) atoms. The maximum absolute atomic E-state index is 14.6. The number of nitrogens with zero attached hydrogens (tertiary/aromatic N) is 2. The van der Waals surface area contributed by atoms with Crippen molar-refractivity contribution >= 4 is 82.9 Å². The maximum atomic E-state index is 14.6. The van der Waals surface area contributed by atoms with Gasteiger partial charge in [0, 0.05) is 37.7 Å². The van der Waals surface area contributed by atoms with E-state index in [1.54, 1.807) is 71.9 Å². The first kappa shape index (κ1) is 83.9. The predicted octanol–water partition coefficient (Wildman–Crippen LogP) is -3.90. The number of phenols is 1. The number of phenolic OH excluding ortho intramolecular Hbond substituents is 1. The number of carboxylic acids is 2. The lowest BCUT2D eigenvalue weighted by molar-refractivity contribution is -0.142. The van der Waals surface area contributed by atoms with Crippen molar-refractivity contribution in [2.24, 2.45) is 45.7 Å². The summed E-state index contributed by atoms with van der Waals surface area (Å²) in [4.78, 5) is 189. The summed E-state index contributed by atoms with van der Waals surface area (Å²) in [6.45, 7) is 12.1. The summed E-state index contributed by atoms with van der Waals surface area (Å²) in [5.41, 5.74) is 23.9. The molecule has 24 N–H and O–H groups in total. The van der Waals surface area contributed by atoms with E-state index in [1.165, 1.54) is 36.8 Å². The molecule has 1 aromatic heterocycles. The Hall–Kier alpha value is -10.3. The third kappa shape index (κ3) is 29.0. The van der Waals surface area contributed by atoms with Gasteiger partial charge in [-0.3, -0.25) is 62.5 Å². The molecule has 11 amide bonds. The van der Waals surface area contributed by atoms with Crippen LogP contribution in [0.4, 0.5) is 0 Å². The minimum atomic E-state index is -1.93. The van der Waals surface area contributed by atoms with Crippen LogP contribution in [0.1, 0.15) is 124 Å². The van der Waals surface area contributed by atoms with Gasteiger partial charge in [-0.1, -0.05) is 96.8 Å². The van der Waals surface area contributed by atoms with Crippen molar-refractivity contribution in [1.82, 2.24) is 63.1 Å². The number of guanidine groups is 1. The van der Waals surface area contributed by atoms with E-state index in [9.17, 15) is 87.9 Å². The van der Waals surface area contributed by atoms with Gasteiger partial charge in [-0.15, -0.1) is 0 Å². The zero-order valence-corrected chi connectivity index (χ0v) is 57.3. The summed E-state index contributed by atoms with van der Waals surface area (Å²) in [5.74, 6) is -16.2. The monoisotopic (exact) mass is 1410 g/mol. The predicted molar refractivity (Wildman–Crippen MR) is 361 cm³/mol. The SMILES string of the molecule is CC[C@H](C)[C@H](NC(=O)[C@H](CCC(=O)O)NC(=O)[C@@H](N)Cc1ccc(O)cc1)C(=O)N[C@H](C(=O)N[C@H](C(=O)N[C@H](C(=O)N[C@@H](Cc1cnc[nH]1)C(=O)N[C@@H](CC(N)=O)C(=O)N[C@@H](CC(C)C)C(=O)N[C@@H](Cc1ccccc1)C(=O)N[C@@H](CCCN=C(N)N)C(=O)O)[C@@H](C)CC)[C@@H](C)O)[C@@H](C)O. The highest BCUT2D eigenvalue weighted by atomic mass is 16.4. The van der Waals surface area contributed by atoms with Crippen molar-refractivity contribution in [1.29, 1.82) is 0 Å². The van der Waals surface area contributed by atoms with Gasteiger partial charge in [0.15, 0.2) is 5.96 Å². The number of aliphatic hydroxyl groups is 2. The van der Waals surface area contributed by atoms with E-state index in [-0.39, 0.29) is 81.2 Å². The number of imidazole rings is 1. The molecule has 0 spiro atoms. The zero-order chi connectivity index (χ0) is 75.1. The number of aromatic amines is 1. The fraction of sp³-hybridized carbons (Fsp3) is 0.554. The van der Waals surface area contributed by atoms with Crippen LogP contribution in [0, 0.1) is 17.8 Å². The van der Waals surface area contributed by atoms with Gasteiger partial charge in [-0.05, 0) is 87.0 Å². The highest BCUT2D eigenvalue weighted by Gasteiger charge is 2.40. The fourth-order valence-corrected chi connectivity index (χ4v) is 10.1. The van der Waals surface area contributed by atoms with Gasteiger partial charge in [0.05, 0.1) is 31.0 Å². The quantitative estimate of drug-likeness (QED) is 0.0146. The first-order valence-electron chi connectivity index (χ1n) is 32.8. The van der Waals surface area contributed by atoms with Gasteiger partial charge in [0.1, 0.15) is 66.2 Å². The highest BCUT2D eigenvalue weighted by Crippen LogP contribution is 2.17. The molecule has 0 saturated heterocycles. The summed E-state index contributed by atoms with van der Waals surface area (Å²) < 4.78 is 0. The molecule has 0 bridgehead atoms. The minimum Gasteiger partial charge on any atom is -0.508 e. The minimum absolute atomic E-state index is 0.0352. The molecule has 35 nitrogen and oxygen atoms in total. The Morgan fingerprint density at radius 3 is 1.44 bits per heavy atom. The van der Waals surface area contributed by atoms with Crippen molar-refractivity contribution < 1.29 is 87.9 Å². The van der Waals surface area contributed by atoms with Gasteiger partial charge >= 0.3 is 11.9 Å². The second-order valence-corrected chi connectivity index (χ2v) is 25.0. The second kappa shape index (κ2) is 41.8. The van der Waals surface area contributed by atoms with Gasteiger partial charge in [0.25, 0.3) is 0 Å². The van der Waals surface area contributed by atoms with E-state index in [4.69, 9.17) is 22.9 Å². The summed E-state index contributed by atoms with van der Waals surface area (Å²) in [6.07, 6.45) is -2.98. The third-order valence-corrected chi connectivity index (χ3v) is 16.2. The smallest absolute Gasteiger partial charge is 0.326 e. The van der Waals surface area contributed by atoms with E-state index < -0.39 is 187 Å². The Morgan fingerprint density at radius 2 is 0.950 bits per heavy atom. The number of carbonyl (C=O) groups excluding carboxylic acids is 11. The van der Waals surface area contributed by atoms with E-state index in [1.807, 2.05) is 0 Å². The molecule has 15 atom stereocenters. The van der Waals surface area contributed by atoms with Gasteiger partial charge in [-0.2, -0.15) is 0 Å². The first-order valence-corrected chi connectivity index (χ1v) is 32.8. The average molecular weight is 1410 g/mol. The summed E-state index contributed by atoms with van der Waals surface area (Å²) in [6, 6.07) is -3.30. The number of rotatable bonds is 44. The number of aliphatic hydroxyl groups excluding tert-OH is 2. The number of aromatic hydroxyl groups is 1. The van der Waals surface area contributed by atoms with E-state index in [0.717, 1.165) is 13.8 Å². The van der Waals surface area contributed by atoms with Gasteiger partial charge in [0.2, 0.25) is 65.0 Å². The first-order chi connectivity index (χ1) is 47.0. The lowest BCUT2D eigenvalue weighted by Gasteiger charge is -2.31. The van der Waals surface area contributed by atoms with E-state index in [0.29, 0.717) is 11.1 Å². The molecule has 3 rings (SSSR count). The van der Waals surface area contributed by atoms with Crippen LogP contribution in [-0.2, 0) is 81.6 Å². The number of benzene rings is 2. The molecule has 0 radical (unpaired) electrons. The molecule has 0 unspecified atom stereocenters. The van der Waals surface area contributed by atoms with Crippen LogP contribution in [0.15, 0.2) is 72.1 Å². The third-order valence-electron chi connectivity index (χ3n) is 16.2. The Labute approximate surface area is 578 Å². The number of hydrogen-bond acceptors (Lipinski definition) is 19. The van der Waals surface area contributed by atoms with Crippen molar-refractivity contribution in [3.8, 4) is 5.75 Å². The number of primary amides is 1. The topological polar surface area (TPSA) is 588 Å². The van der Waals surface area contributed by atoms with Crippen LogP contribution in [0.2, 0.25) is 0 Å².